The van der Waals surface area contributed by atoms with E-state index in [1.54, 1.807) is 6.92 Å². The first-order valence-corrected chi connectivity index (χ1v) is 6.80. The van der Waals surface area contributed by atoms with Gasteiger partial charge in [-0.15, -0.1) is 0 Å². The van der Waals surface area contributed by atoms with Crippen LogP contribution in [0.2, 0.25) is 0 Å². The molecule has 100 valence electrons. The van der Waals surface area contributed by atoms with Crippen molar-refractivity contribution in [2.75, 3.05) is 4.90 Å². The number of aliphatic hydroxyl groups excluding tert-OH is 1. The van der Waals surface area contributed by atoms with Gasteiger partial charge in [0.15, 0.2) is 0 Å². The highest BCUT2D eigenvalue weighted by atomic mass is 19.1. The van der Waals surface area contributed by atoms with Crippen molar-refractivity contribution in [2.45, 2.75) is 58.2 Å². The van der Waals surface area contributed by atoms with Gasteiger partial charge in [-0.2, -0.15) is 0 Å². The zero-order valence-corrected chi connectivity index (χ0v) is 11.4. The highest BCUT2D eigenvalue weighted by Gasteiger charge is 2.31. The zero-order valence-electron chi connectivity index (χ0n) is 11.4. The van der Waals surface area contributed by atoms with E-state index < -0.39 is 6.10 Å². The van der Waals surface area contributed by atoms with Crippen LogP contribution < -0.4 is 4.90 Å². The van der Waals surface area contributed by atoms with Gasteiger partial charge in [-0.25, -0.2) is 4.39 Å². The number of nitrogens with zero attached hydrogens (tertiary/aromatic N) is 1. The Balaban J connectivity index is 2.33. The molecule has 1 aromatic carbocycles. The van der Waals surface area contributed by atoms with Gasteiger partial charge in [-0.3, -0.25) is 0 Å². The molecule has 3 heteroatoms. The van der Waals surface area contributed by atoms with Crippen molar-refractivity contribution in [3.05, 3.63) is 29.6 Å². The van der Waals surface area contributed by atoms with Gasteiger partial charge in [0.25, 0.3) is 0 Å². The minimum atomic E-state index is -0.619. The first-order chi connectivity index (χ1) is 8.54. The molecule has 0 amide bonds. The second-order valence-electron chi connectivity index (χ2n) is 5.28. The average Bonchev–Trinajstić information content (AvgIpc) is 2.70. The Morgan fingerprint density at radius 2 is 2.17 bits per heavy atom. The molecule has 0 radical (unpaired) electrons. The molecule has 0 spiro atoms. The van der Waals surface area contributed by atoms with Crippen molar-refractivity contribution in [1.29, 1.82) is 0 Å². The van der Waals surface area contributed by atoms with Crippen LogP contribution in [0.3, 0.4) is 0 Å². The van der Waals surface area contributed by atoms with Crippen LogP contribution in [0.5, 0.6) is 0 Å². The van der Waals surface area contributed by atoms with E-state index in [0.29, 0.717) is 23.3 Å². The second-order valence-corrected chi connectivity index (χ2v) is 5.28. The molecule has 1 saturated heterocycles. The molecule has 1 aliphatic heterocycles. The van der Waals surface area contributed by atoms with Crippen LogP contribution in [0, 0.1) is 5.82 Å². The smallest absolute Gasteiger partial charge is 0.146 e. The summed E-state index contributed by atoms with van der Waals surface area (Å²) < 4.78 is 14.2. The van der Waals surface area contributed by atoms with Crippen molar-refractivity contribution in [2.24, 2.45) is 0 Å². The lowest BCUT2D eigenvalue weighted by Crippen LogP contribution is -2.34. The Labute approximate surface area is 108 Å². The van der Waals surface area contributed by atoms with Crippen molar-refractivity contribution in [1.82, 2.24) is 0 Å². The molecule has 1 heterocycles. The quantitative estimate of drug-likeness (QED) is 0.886. The van der Waals surface area contributed by atoms with Crippen LogP contribution in [0.15, 0.2) is 18.2 Å². The summed E-state index contributed by atoms with van der Waals surface area (Å²) in [4.78, 5) is 2.20. The Bertz CT molecular complexity index is 419. The molecule has 1 aromatic rings. The molecule has 3 atom stereocenters. The Kier molecular flexibility index (Phi) is 3.91. The van der Waals surface area contributed by atoms with E-state index in [1.807, 2.05) is 12.1 Å². The van der Waals surface area contributed by atoms with Crippen molar-refractivity contribution < 1.29 is 9.50 Å². The summed E-state index contributed by atoms with van der Waals surface area (Å²) in [6.45, 7) is 5.96. The van der Waals surface area contributed by atoms with Crippen molar-refractivity contribution in [3.8, 4) is 0 Å². The van der Waals surface area contributed by atoms with E-state index in [9.17, 15) is 9.50 Å². The molecule has 0 aliphatic carbocycles. The maximum absolute atomic E-state index is 14.2. The Morgan fingerprint density at radius 3 is 2.72 bits per heavy atom. The third-order valence-corrected chi connectivity index (χ3v) is 3.99. The first-order valence-electron chi connectivity index (χ1n) is 6.80. The van der Waals surface area contributed by atoms with Gasteiger partial charge in [0.2, 0.25) is 0 Å². The number of rotatable bonds is 3. The molecule has 0 aromatic heterocycles. The molecular formula is C15H22FNO. The Morgan fingerprint density at radius 1 is 1.44 bits per heavy atom. The fourth-order valence-electron chi connectivity index (χ4n) is 2.90. The normalized spacial score (nSPS) is 25.5. The monoisotopic (exact) mass is 251 g/mol. The third-order valence-electron chi connectivity index (χ3n) is 3.99. The topological polar surface area (TPSA) is 23.5 Å². The number of benzene rings is 1. The maximum Gasteiger partial charge on any atom is 0.146 e. The summed E-state index contributed by atoms with van der Waals surface area (Å²) in [6.07, 6.45) is 2.68. The molecule has 0 saturated carbocycles. The van der Waals surface area contributed by atoms with Crippen molar-refractivity contribution in [3.63, 3.8) is 0 Å². The fourth-order valence-corrected chi connectivity index (χ4v) is 2.90. The van der Waals surface area contributed by atoms with Gasteiger partial charge in [-0.05, 0) is 50.8 Å². The molecular weight excluding hydrogens is 229 g/mol. The van der Waals surface area contributed by atoms with Gasteiger partial charge in [-0.1, -0.05) is 13.0 Å². The van der Waals surface area contributed by atoms with E-state index in [0.717, 1.165) is 19.3 Å². The van der Waals surface area contributed by atoms with Gasteiger partial charge in [0.1, 0.15) is 5.82 Å². The van der Waals surface area contributed by atoms with E-state index in [4.69, 9.17) is 0 Å². The number of anilines is 1. The molecule has 2 nitrogen and oxygen atoms in total. The fraction of sp³-hybridized carbons (Fsp3) is 0.600. The minimum absolute atomic E-state index is 0.222. The summed E-state index contributed by atoms with van der Waals surface area (Å²) in [6, 6.07) is 5.91. The maximum atomic E-state index is 14.2. The van der Waals surface area contributed by atoms with Gasteiger partial charge < -0.3 is 10.0 Å². The van der Waals surface area contributed by atoms with Gasteiger partial charge in [0, 0.05) is 12.1 Å². The highest BCUT2D eigenvalue weighted by molar-refractivity contribution is 5.52. The second kappa shape index (κ2) is 5.27. The van der Waals surface area contributed by atoms with E-state index in [-0.39, 0.29) is 5.82 Å². The summed E-state index contributed by atoms with van der Waals surface area (Å²) in [5, 5.41) is 9.47. The largest absolute Gasteiger partial charge is 0.389 e. The molecule has 1 fully saturated rings. The number of aliphatic hydroxyl groups is 1. The molecule has 1 N–H and O–H groups in total. The molecule has 18 heavy (non-hydrogen) atoms. The van der Waals surface area contributed by atoms with Gasteiger partial charge in [0.05, 0.1) is 11.8 Å². The van der Waals surface area contributed by atoms with Crippen LogP contribution in [0.4, 0.5) is 10.1 Å². The highest BCUT2D eigenvalue weighted by Crippen LogP contribution is 2.34. The molecule has 2 rings (SSSR count). The van der Waals surface area contributed by atoms with Crippen LogP contribution in [0.25, 0.3) is 0 Å². The predicted molar refractivity (Wildman–Crippen MR) is 72.3 cm³/mol. The SMILES string of the molecule is CCC1CCC(C)N1c1ccc([C@H](C)O)cc1F. The summed E-state index contributed by atoms with van der Waals surface area (Å²) in [5.41, 5.74) is 1.31. The van der Waals surface area contributed by atoms with Gasteiger partial charge >= 0.3 is 0 Å². The summed E-state index contributed by atoms with van der Waals surface area (Å²) >= 11 is 0. The molecule has 2 unspecified atom stereocenters. The lowest BCUT2D eigenvalue weighted by Gasteiger charge is -2.31. The molecule has 1 aliphatic rings. The lowest BCUT2D eigenvalue weighted by atomic mass is 10.1. The first kappa shape index (κ1) is 13.3. The van der Waals surface area contributed by atoms with E-state index in [2.05, 4.69) is 18.7 Å². The van der Waals surface area contributed by atoms with Crippen molar-refractivity contribution >= 4 is 5.69 Å². The minimum Gasteiger partial charge on any atom is -0.389 e. The lowest BCUT2D eigenvalue weighted by molar-refractivity contribution is 0.199. The number of halogens is 1. The van der Waals surface area contributed by atoms with E-state index in [1.165, 1.54) is 6.07 Å². The summed E-state index contributed by atoms with van der Waals surface area (Å²) in [5.74, 6) is -0.222. The van der Waals surface area contributed by atoms with E-state index >= 15 is 0 Å². The number of hydrogen-bond donors (Lipinski definition) is 1. The zero-order chi connectivity index (χ0) is 13.3. The summed E-state index contributed by atoms with van der Waals surface area (Å²) in [7, 11) is 0. The number of hydrogen-bond acceptors (Lipinski definition) is 2. The van der Waals surface area contributed by atoms with Crippen LogP contribution in [-0.2, 0) is 0 Å². The molecule has 0 bridgehead atoms. The predicted octanol–water partition coefficient (Wildman–Crippen LogP) is 3.65. The third kappa shape index (κ3) is 2.37. The van der Waals surface area contributed by atoms with Crippen LogP contribution in [0.1, 0.15) is 51.7 Å². The average molecular weight is 251 g/mol. The Hall–Kier alpha value is -1.09. The van der Waals surface area contributed by atoms with Crippen LogP contribution in [-0.4, -0.2) is 17.2 Å². The standard InChI is InChI=1S/C15H22FNO/c1-4-13-7-5-10(2)17(13)15-8-6-12(11(3)18)9-14(15)16/h6,8-11,13,18H,4-5,7H2,1-3H3/t10?,11-,13?/m0/s1. The van der Waals surface area contributed by atoms with Crippen LogP contribution >= 0.6 is 0 Å².